The third-order valence-electron chi connectivity index (χ3n) is 4.59. The van der Waals surface area contributed by atoms with Gasteiger partial charge in [-0.05, 0) is 47.4 Å². The second-order valence-corrected chi connectivity index (χ2v) is 6.17. The van der Waals surface area contributed by atoms with Gasteiger partial charge in [-0.3, -0.25) is 4.99 Å². The van der Waals surface area contributed by atoms with Crippen molar-refractivity contribution in [1.29, 1.82) is 0 Å². The first-order valence-corrected chi connectivity index (χ1v) is 8.58. The number of nitrogens with zero attached hydrogens (tertiary/aromatic N) is 2. The van der Waals surface area contributed by atoms with Crippen LogP contribution in [0.5, 0.6) is 11.5 Å². The second kappa shape index (κ2) is 9.77. The van der Waals surface area contributed by atoms with Crippen LogP contribution in [0.15, 0.2) is 41.4 Å². The van der Waals surface area contributed by atoms with Gasteiger partial charge in [0.1, 0.15) is 5.82 Å². The third kappa shape index (κ3) is 5.03. The highest BCUT2D eigenvalue weighted by atomic mass is 127. The van der Waals surface area contributed by atoms with Crippen LogP contribution in [0.1, 0.15) is 16.7 Å². The molecule has 0 fully saturated rings. The van der Waals surface area contributed by atoms with E-state index in [1.54, 1.807) is 33.4 Å². The van der Waals surface area contributed by atoms with E-state index in [9.17, 15) is 4.39 Å². The topological polar surface area (TPSA) is 46.1 Å². The number of hydrogen-bond donors (Lipinski definition) is 1. The number of ether oxygens (including phenoxy) is 2. The highest BCUT2D eigenvalue weighted by Crippen LogP contribution is 2.33. The molecule has 0 aliphatic carbocycles. The van der Waals surface area contributed by atoms with E-state index in [2.05, 4.69) is 21.3 Å². The van der Waals surface area contributed by atoms with E-state index in [1.165, 1.54) is 23.3 Å². The van der Waals surface area contributed by atoms with Crippen molar-refractivity contribution < 1.29 is 13.9 Å². The molecule has 7 heteroatoms. The minimum atomic E-state index is -0.227. The van der Waals surface area contributed by atoms with Crippen molar-refractivity contribution in [3.8, 4) is 11.5 Å². The maximum Gasteiger partial charge on any atom is 0.194 e. The molecule has 0 amide bonds. The first-order valence-electron chi connectivity index (χ1n) is 8.58. The van der Waals surface area contributed by atoms with E-state index >= 15 is 0 Å². The Morgan fingerprint density at radius 3 is 2.33 bits per heavy atom. The van der Waals surface area contributed by atoms with E-state index in [-0.39, 0.29) is 29.8 Å². The van der Waals surface area contributed by atoms with E-state index in [0.29, 0.717) is 6.54 Å². The minimum absolute atomic E-state index is 0. The number of nitrogens with one attached hydrogen (secondary N) is 1. The fourth-order valence-corrected chi connectivity index (χ4v) is 3.18. The van der Waals surface area contributed by atoms with Gasteiger partial charge in [0.15, 0.2) is 17.5 Å². The van der Waals surface area contributed by atoms with Crippen molar-refractivity contribution >= 4 is 29.9 Å². The molecule has 1 aliphatic rings. The van der Waals surface area contributed by atoms with Gasteiger partial charge in [-0.15, -0.1) is 24.0 Å². The predicted octanol–water partition coefficient (Wildman–Crippen LogP) is 3.59. The Hall–Kier alpha value is -2.03. The Balaban J connectivity index is 0.00000261. The van der Waals surface area contributed by atoms with Gasteiger partial charge in [-0.1, -0.05) is 12.1 Å². The number of benzene rings is 2. The van der Waals surface area contributed by atoms with Crippen LogP contribution >= 0.6 is 24.0 Å². The van der Waals surface area contributed by atoms with Gasteiger partial charge in [-0.25, -0.2) is 4.39 Å². The summed E-state index contributed by atoms with van der Waals surface area (Å²) in [6.07, 6.45) is 0.910. The average Bonchev–Trinajstić information content (AvgIpc) is 2.68. The van der Waals surface area contributed by atoms with Gasteiger partial charge >= 0.3 is 0 Å². The number of hydrogen-bond acceptors (Lipinski definition) is 3. The molecule has 1 N–H and O–H groups in total. The summed E-state index contributed by atoms with van der Waals surface area (Å²) in [7, 11) is 5.08. The fourth-order valence-electron chi connectivity index (χ4n) is 3.18. The van der Waals surface area contributed by atoms with E-state index in [0.717, 1.165) is 42.5 Å². The molecule has 3 rings (SSSR count). The molecule has 1 aliphatic heterocycles. The zero-order chi connectivity index (χ0) is 18.5. The van der Waals surface area contributed by atoms with Crippen LogP contribution in [0.3, 0.4) is 0 Å². The van der Waals surface area contributed by atoms with Gasteiger partial charge in [0.25, 0.3) is 0 Å². The molecule has 0 radical (unpaired) electrons. The van der Waals surface area contributed by atoms with Crippen molar-refractivity contribution in [3.05, 3.63) is 58.9 Å². The van der Waals surface area contributed by atoms with Crippen LogP contribution < -0.4 is 14.8 Å². The largest absolute Gasteiger partial charge is 0.493 e. The monoisotopic (exact) mass is 485 g/mol. The first kappa shape index (κ1) is 21.3. The van der Waals surface area contributed by atoms with Crippen molar-refractivity contribution in [2.75, 3.05) is 27.8 Å². The van der Waals surface area contributed by atoms with Crippen LogP contribution in [-0.4, -0.2) is 38.7 Å². The van der Waals surface area contributed by atoms with E-state index in [4.69, 9.17) is 9.47 Å². The summed E-state index contributed by atoms with van der Waals surface area (Å²) >= 11 is 0. The molecule has 0 unspecified atom stereocenters. The number of methoxy groups -OCH3 is 2. The Labute approximate surface area is 176 Å². The molecule has 2 aromatic rings. The smallest absolute Gasteiger partial charge is 0.194 e. The molecule has 0 saturated heterocycles. The lowest BCUT2D eigenvalue weighted by molar-refractivity contribution is 0.346. The zero-order valence-corrected chi connectivity index (χ0v) is 18.1. The predicted molar refractivity (Wildman–Crippen MR) is 116 cm³/mol. The van der Waals surface area contributed by atoms with Gasteiger partial charge in [0, 0.05) is 26.7 Å². The van der Waals surface area contributed by atoms with Crippen LogP contribution in [0.4, 0.5) is 4.39 Å². The summed E-state index contributed by atoms with van der Waals surface area (Å²) in [5.41, 5.74) is 3.49. The van der Waals surface area contributed by atoms with Crippen molar-refractivity contribution in [1.82, 2.24) is 10.2 Å². The van der Waals surface area contributed by atoms with E-state index < -0.39 is 0 Å². The number of guanidine groups is 1. The van der Waals surface area contributed by atoms with Crippen molar-refractivity contribution in [2.45, 2.75) is 19.5 Å². The average molecular weight is 485 g/mol. The van der Waals surface area contributed by atoms with Crippen molar-refractivity contribution in [3.63, 3.8) is 0 Å². The zero-order valence-electron chi connectivity index (χ0n) is 15.8. The lowest BCUT2D eigenvalue weighted by Gasteiger charge is -2.32. The normalized spacial score (nSPS) is 13.5. The molecular formula is C20H25FIN3O2. The van der Waals surface area contributed by atoms with E-state index in [1.807, 2.05) is 6.07 Å². The molecule has 1 heterocycles. The summed E-state index contributed by atoms with van der Waals surface area (Å²) in [4.78, 5) is 6.60. The molecule has 146 valence electrons. The summed E-state index contributed by atoms with van der Waals surface area (Å²) in [6.45, 7) is 2.21. The Morgan fingerprint density at radius 1 is 1.11 bits per heavy atom. The Morgan fingerprint density at radius 2 is 1.74 bits per heavy atom. The molecule has 0 saturated carbocycles. The highest BCUT2D eigenvalue weighted by molar-refractivity contribution is 14.0. The van der Waals surface area contributed by atoms with Crippen LogP contribution in [0.25, 0.3) is 0 Å². The molecule has 5 nitrogen and oxygen atoms in total. The van der Waals surface area contributed by atoms with Gasteiger partial charge in [0.2, 0.25) is 0 Å². The van der Waals surface area contributed by atoms with Gasteiger partial charge in [0.05, 0.1) is 14.2 Å². The van der Waals surface area contributed by atoms with Crippen LogP contribution in [0, 0.1) is 5.82 Å². The molecule has 0 aromatic heterocycles. The number of halogens is 2. The maximum absolute atomic E-state index is 13.0. The first-order chi connectivity index (χ1) is 12.6. The number of fused-ring (bicyclic) bond motifs is 1. The number of rotatable bonds is 4. The Kier molecular flexibility index (Phi) is 7.70. The lowest BCUT2D eigenvalue weighted by atomic mass is 9.99. The summed E-state index contributed by atoms with van der Waals surface area (Å²) in [5.74, 6) is 2.10. The minimum Gasteiger partial charge on any atom is -0.493 e. The van der Waals surface area contributed by atoms with Gasteiger partial charge in [-0.2, -0.15) is 0 Å². The summed E-state index contributed by atoms with van der Waals surface area (Å²) < 4.78 is 23.8. The quantitative estimate of drug-likeness (QED) is 0.409. The fraction of sp³-hybridized carbons (Fsp3) is 0.350. The van der Waals surface area contributed by atoms with Crippen molar-refractivity contribution in [2.24, 2.45) is 4.99 Å². The molecule has 27 heavy (non-hydrogen) atoms. The maximum atomic E-state index is 13.0. The number of aliphatic imine (C=N–C) groups is 1. The molecular weight excluding hydrogens is 460 g/mol. The van der Waals surface area contributed by atoms with Crippen LogP contribution in [-0.2, 0) is 19.5 Å². The summed E-state index contributed by atoms with van der Waals surface area (Å²) in [6, 6.07) is 10.6. The lowest BCUT2D eigenvalue weighted by Crippen LogP contribution is -2.43. The second-order valence-electron chi connectivity index (χ2n) is 6.17. The Bertz CT molecular complexity index is 797. The van der Waals surface area contributed by atoms with Gasteiger partial charge < -0.3 is 19.7 Å². The molecule has 0 spiro atoms. The molecule has 2 aromatic carbocycles. The summed E-state index contributed by atoms with van der Waals surface area (Å²) in [5, 5.41) is 3.35. The standard InChI is InChI=1S/C20H24FN3O2.HI/c1-22-20(23-12-14-4-6-17(21)7-5-14)24-9-8-15-10-18(25-2)19(26-3)11-16(15)13-24;/h4-7,10-11H,8-9,12-13H2,1-3H3,(H,22,23);1H. The molecule has 0 bridgehead atoms. The highest BCUT2D eigenvalue weighted by Gasteiger charge is 2.21. The SMILES string of the molecule is CN=C(NCc1ccc(F)cc1)N1CCc2cc(OC)c(OC)cc2C1.I. The third-order valence-corrected chi connectivity index (χ3v) is 4.59. The van der Waals surface area contributed by atoms with Crippen LogP contribution in [0.2, 0.25) is 0 Å². The molecule has 0 atom stereocenters.